The van der Waals surface area contributed by atoms with Crippen molar-refractivity contribution in [1.29, 1.82) is 0 Å². The Morgan fingerprint density at radius 3 is 2.27 bits per heavy atom. The number of hydrogen-bond donors (Lipinski definition) is 2. The zero-order valence-electron chi connectivity index (χ0n) is 15.4. The number of carbonyl (C=O) groups excluding carboxylic acids is 1. The van der Waals surface area contributed by atoms with Gasteiger partial charge in [0, 0.05) is 5.56 Å². The van der Waals surface area contributed by atoms with E-state index in [0.29, 0.717) is 40.5 Å². The van der Waals surface area contributed by atoms with E-state index in [0.717, 1.165) is 5.56 Å². The van der Waals surface area contributed by atoms with Gasteiger partial charge in [0.25, 0.3) is 5.91 Å². The van der Waals surface area contributed by atoms with Crippen molar-refractivity contribution in [3.05, 3.63) is 52.6 Å². The molecular weight excluding hydrogens is 334 g/mol. The molecule has 26 heavy (non-hydrogen) atoms. The van der Waals surface area contributed by atoms with Crippen LogP contribution in [0.25, 0.3) is 0 Å². The first-order valence-electron chi connectivity index (χ1n) is 8.32. The number of hydrogen-bond acceptors (Lipinski definition) is 4. The average molecular weight is 357 g/mol. The van der Waals surface area contributed by atoms with Crippen LogP contribution in [-0.2, 0) is 4.79 Å². The van der Waals surface area contributed by atoms with Crippen LogP contribution in [0.15, 0.2) is 30.3 Å². The molecule has 0 aromatic heterocycles. The van der Waals surface area contributed by atoms with Crippen LogP contribution in [0.4, 0.5) is 5.69 Å². The summed E-state index contributed by atoms with van der Waals surface area (Å²) >= 11 is 0. The number of carboxylic acid groups (broad SMARTS) is 1. The lowest BCUT2D eigenvalue weighted by molar-refractivity contribution is -0.139. The Morgan fingerprint density at radius 1 is 1.04 bits per heavy atom. The third-order valence-corrected chi connectivity index (χ3v) is 3.75. The van der Waals surface area contributed by atoms with Crippen LogP contribution >= 0.6 is 0 Å². The summed E-state index contributed by atoms with van der Waals surface area (Å²) in [7, 11) is 0. The number of amides is 1. The molecule has 0 heterocycles. The molecule has 0 aliphatic rings. The Balaban J connectivity index is 2.24. The highest BCUT2D eigenvalue weighted by molar-refractivity contribution is 6.05. The summed E-state index contributed by atoms with van der Waals surface area (Å²) in [6.45, 7) is 7.47. The van der Waals surface area contributed by atoms with Crippen molar-refractivity contribution in [2.75, 3.05) is 18.5 Å². The molecule has 0 unspecified atom stereocenters. The monoisotopic (exact) mass is 357 g/mol. The van der Waals surface area contributed by atoms with E-state index < -0.39 is 12.6 Å². The minimum atomic E-state index is -1.05. The first-order chi connectivity index (χ1) is 12.3. The Morgan fingerprint density at radius 2 is 1.69 bits per heavy atom. The molecule has 0 aliphatic heterocycles. The van der Waals surface area contributed by atoms with Gasteiger partial charge in [-0.3, -0.25) is 4.79 Å². The number of aliphatic carboxylic acids is 1. The molecule has 0 spiro atoms. The summed E-state index contributed by atoms with van der Waals surface area (Å²) in [6.07, 6.45) is 0. The predicted molar refractivity (Wildman–Crippen MR) is 99.3 cm³/mol. The average Bonchev–Trinajstić information content (AvgIpc) is 2.56. The van der Waals surface area contributed by atoms with Gasteiger partial charge in [-0.15, -0.1) is 0 Å². The van der Waals surface area contributed by atoms with Crippen LogP contribution < -0.4 is 14.8 Å². The molecule has 2 aromatic carbocycles. The molecule has 138 valence electrons. The molecule has 0 radical (unpaired) electrons. The van der Waals surface area contributed by atoms with Crippen LogP contribution in [0.5, 0.6) is 11.5 Å². The summed E-state index contributed by atoms with van der Waals surface area (Å²) < 4.78 is 10.9. The zero-order chi connectivity index (χ0) is 19.3. The van der Waals surface area contributed by atoms with E-state index in [2.05, 4.69) is 5.32 Å². The molecule has 0 atom stereocenters. The van der Waals surface area contributed by atoms with Gasteiger partial charge in [-0.1, -0.05) is 6.07 Å². The number of anilines is 1. The van der Waals surface area contributed by atoms with E-state index in [9.17, 15) is 9.59 Å². The number of carboxylic acids is 1. The Labute approximate surface area is 152 Å². The lowest BCUT2D eigenvalue weighted by Gasteiger charge is -2.15. The highest BCUT2D eigenvalue weighted by atomic mass is 16.5. The highest BCUT2D eigenvalue weighted by Gasteiger charge is 2.14. The summed E-state index contributed by atoms with van der Waals surface area (Å²) in [6, 6.07) is 8.93. The fourth-order valence-corrected chi connectivity index (χ4v) is 2.65. The molecule has 6 nitrogen and oxygen atoms in total. The van der Waals surface area contributed by atoms with Crippen LogP contribution in [0.3, 0.4) is 0 Å². The summed E-state index contributed by atoms with van der Waals surface area (Å²) in [5.41, 5.74) is 3.50. The van der Waals surface area contributed by atoms with Gasteiger partial charge in [0.2, 0.25) is 0 Å². The second-order valence-electron chi connectivity index (χ2n) is 6.01. The van der Waals surface area contributed by atoms with Crippen molar-refractivity contribution in [3.63, 3.8) is 0 Å². The topological polar surface area (TPSA) is 84.9 Å². The Bertz CT molecular complexity index is 806. The molecule has 0 saturated carbocycles. The predicted octanol–water partition coefficient (Wildman–Crippen LogP) is 3.73. The first kappa shape index (κ1) is 19.3. The fourth-order valence-electron chi connectivity index (χ4n) is 2.65. The van der Waals surface area contributed by atoms with Gasteiger partial charge in [-0.2, -0.15) is 0 Å². The lowest BCUT2D eigenvalue weighted by Crippen LogP contribution is -2.15. The zero-order valence-corrected chi connectivity index (χ0v) is 15.4. The Hall–Kier alpha value is -3.02. The highest BCUT2D eigenvalue weighted by Crippen LogP contribution is 2.28. The van der Waals surface area contributed by atoms with Crippen molar-refractivity contribution in [2.24, 2.45) is 0 Å². The van der Waals surface area contributed by atoms with Gasteiger partial charge in [0.15, 0.2) is 6.61 Å². The SMILES string of the molecule is CCOc1cc(C)ccc1NC(=O)c1cc(C)c(OCC(=O)O)c(C)c1. The standard InChI is InChI=1S/C20H23NO5/c1-5-25-17-8-12(2)6-7-16(17)21-20(24)15-9-13(3)19(14(4)10-15)26-11-18(22)23/h6-10H,5,11H2,1-4H3,(H,21,24)(H,22,23). The van der Waals surface area contributed by atoms with Gasteiger partial charge in [0.1, 0.15) is 11.5 Å². The number of rotatable bonds is 7. The maximum atomic E-state index is 12.6. The second kappa shape index (κ2) is 8.38. The molecule has 2 rings (SSSR count). The van der Waals surface area contributed by atoms with Gasteiger partial charge in [0.05, 0.1) is 12.3 Å². The number of nitrogens with one attached hydrogen (secondary N) is 1. The number of ether oxygens (including phenoxy) is 2. The van der Waals surface area contributed by atoms with E-state index in [1.165, 1.54) is 0 Å². The number of carbonyl (C=O) groups is 2. The van der Waals surface area contributed by atoms with Crippen molar-refractivity contribution in [2.45, 2.75) is 27.7 Å². The molecule has 1 amide bonds. The van der Waals surface area contributed by atoms with Gasteiger partial charge in [-0.25, -0.2) is 4.79 Å². The van der Waals surface area contributed by atoms with Gasteiger partial charge >= 0.3 is 5.97 Å². The maximum Gasteiger partial charge on any atom is 0.341 e. The van der Waals surface area contributed by atoms with Crippen LogP contribution in [0.1, 0.15) is 34.0 Å². The van der Waals surface area contributed by atoms with Crippen molar-refractivity contribution in [1.82, 2.24) is 0 Å². The van der Waals surface area contributed by atoms with Crippen LogP contribution in [0.2, 0.25) is 0 Å². The lowest BCUT2D eigenvalue weighted by atomic mass is 10.0. The summed E-state index contributed by atoms with van der Waals surface area (Å²) in [5.74, 6) is -0.218. The largest absolute Gasteiger partial charge is 0.492 e. The number of aryl methyl sites for hydroxylation is 3. The van der Waals surface area contributed by atoms with Gasteiger partial charge in [-0.05, 0) is 68.7 Å². The fraction of sp³-hybridized carbons (Fsp3) is 0.300. The van der Waals surface area contributed by atoms with E-state index in [1.54, 1.807) is 26.0 Å². The van der Waals surface area contributed by atoms with Gasteiger partial charge < -0.3 is 19.9 Å². The minimum absolute atomic E-state index is 0.272. The van der Waals surface area contributed by atoms with Crippen LogP contribution in [-0.4, -0.2) is 30.2 Å². The Kier molecular flexibility index (Phi) is 6.22. The van der Waals surface area contributed by atoms with E-state index in [4.69, 9.17) is 14.6 Å². The number of benzene rings is 2. The molecule has 0 saturated heterocycles. The van der Waals surface area contributed by atoms with E-state index >= 15 is 0 Å². The maximum absolute atomic E-state index is 12.6. The summed E-state index contributed by atoms with van der Waals surface area (Å²) in [4.78, 5) is 23.3. The van der Waals surface area contributed by atoms with Crippen LogP contribution in [0, 0.1) is 20.8 Å². The molecule has 0 aliphatic carbocycles. The second-order valence-corrected chi connectivity index (χ2v) is 6.01. The minimum Gasteiger partial charge on any atom is -0.492 e. The molecule has 0 bridgehead atoms. The van der Waals surface area contributed by atoms with Crippen molar-refractivity contribution >= 4 is 17.6 Å². The van der Waals surface area contributed by atoms with Crippen molar-refractivity contribution in [3.8, 4) is 11.5 Å². The summed E-state index contributed by atoms with van der Waals surface area (Å²) in [5, 5.41) is 11.6. The van der Waals surface area contributed by atoms with E-state index in [-0.39, 0.29) is 5.91 Å². The van der Waals surface area contributed by atoms with E-state index in [1.807, 2.05) is 32.0 Å². The quantitative estimate of drug-likeness (QED) is 0.789. The first-order valence-corrected chi connectivity index (χ1v) is 8.32. The third kappa shape index (κ3) is 4.75. The third-order valence-electron chi connectivity index (χ3n) is 3.75. The molecule has 6 heteroatoms. The normalized spacial score (nSPS) is 10.3. The molecule has 2 N–H and O–H groups in total. The molecular formula is C20H23NO5. The van der Waals surface area contributed by atoms with Crippen molar-refractivity contribution < 1.29 is 24.2 Å². The smallest absolute Gasteiger partial charge is 0.341 e. The molecule has 2 aromatic rings. The molecule has 0 fully saturated rings.